The summed E-state index contributed by atoms with van der Waals surface area (Å²) < 4.78 is 5.16. The molecule has 1 rings (SSSR count). The van der Waals surface area contributed by atoms with E-state index in [0.29, 0.717) is 12.0 Å². The lowest BCUT2D eigenvalue weighted by atomic mass is 9.88. The molecule has 2 atom stereocenters. The number of nitrogens with one attached hydrogen (secondary N) is 1. The fourth-order valence-electron chi connectivity index (χ4n) is 2.20. The van der Waals surface area contributed by atoms with Crippen molar-refractivity contribution in [3.63, 3.8) is 0 Å². The van der Waals surface area contributed by atoms with Gasteiger partial charge in [0.25, 0.3) is 0 Å². The average molecular weight is 209 g/mol. The topological polar surface area (TPSA) is 25.2 Å². The minimum absolute atomic E-state index is 0.445. The molecule has 0 spiro atoms. The first-order valence-electron chi connectivity index (χ1n) is 6.02. The van der Waals surface area contributed by atoms with E-state index in [9.17, 15) is 0 Å². The molecule has 2 heteroatoms. The van der Waals surface area contributed by atoms with E-state index in [1.54, 1.807) is 6.26 Å². The van der Waals surface area contributed by atoms with Crippen LogP contribution in [-0.4, -0.2) is 7.05 Å². The van der Waals surface area contributed by atoms with Gasteiger partial charge in [0, 0.05) is 11.6 Å². The molecular weight excluding hydrogens is 186 g/mol. The Labute approximate surface area is 93.1 Å². The lowest BCUT2D eigenvalue weighted by Gasteiger charge is -2.24. The zero-order chi connectivity index (χ0) is 11.1. The summed E-state index contributed by atoms with van der Waals surface area (Å²) in [7, 11) is 2.03. The minimum Gasteiger partial charge on any atom is -0.472 e. The Morgan fingerprint density at radius 2 is 2.20 bits per heavy atom. The highest BCUT2D eigenvalue weighted by Gasteiger charge is 2.20. The van der Waals surface area contributed by atoms with Crippen molar-refractivity contribution in [2.75, 3.05) is 7.05 Å². The molecule has 1 heterocycles. The second-order valence-electron chi connectivity index (χ2n) is 4.13. The quantitative estimate of drug-likeness (QED) is 0.739. The maximum Gasteiger partial charge on any atom is 0.0950 e. The second kappa shape index (κ2) is 6.67. The van der Waals surface area contributed by atoms with Crippen LogP contribution in [0, 0.1) is 5.92 Å². The highest BCUT2D eigenvalue weighted by molar-refractivity contribution is 5.12. The molecule has 0 amide bonds. The third kappa shape index (κ3) is 3.38. The lowest BCUT2D eigenvalue weighted by Crippen LogP contribution is -2.24. The molecular formula is C13H23NO. The van der Waals surface area contributed by atoms with Gasteiger partial charge in [0.1, 0.15) is 0 Å². The molecule has 2 nitrogen and oxygen atoms in total. The summed E-state index contributed by atoms with van der Waals surface area (Å²) in [5, 5.41) is 3.40. The van der Waals surface area contributed by atoms with Gasteiger partial charge in [-0.3, -0.25) is 0 Å². The van der Waals surface area contributed by atoms with Crippen molar-refractivity contribution in [2.24, 2.45) is 5.92 Å². The van der Waals surface area contributed by atoms with E-state index in [4.69, 9.17) is 4.42 Å². The van der Waals surface area contributed by atoms with Crippen LogP contribution in [-0.2, 0) is 0 Å². The van der Waals surface area contributed by atoms with E-state index in [-0.39, 0.29) is 0 Å². The maximum absolute atomic E-state index is 5.16. The number of rotatable bonds is 7. The van der Waals surface area contributed by atoms with Crippen molar-refractivity contribution in [3.05, 3.63) is 24.2 Å². The SMILES string of the molecule is CCCCC(CC)C(NC)c1ccoc1. The Kier molecular flexibility index (Phi) is 5.48. The molecule has 0 aliphatic heterocycles. The van der Waals surface area contributed by atoms with Crippen LogP contribution in [0.1, 0.15) is 51.1 Å². The van der Waals surface area contributed by atoms with Crippen LogP contribution in [0.15, 0.2) is 23.0 Å². The van der Waals surface area contributed by atoms with Gasteiger partial charge < -0.3 is 9.73 Å². The molecule has 0 radical (unpaired) electrons. The molecule has 1 aromatic heterocycles. The van der Waals surface area contributed by atoms with Gasteiger partial charge in [0.05, 0.1) is 12.5 Å². The molecule has 0 bridgehead atoms. The fourth-order valence-corrected chi connectivity index (χ4v) is 2.20. The Morgan fingerprint density at radius 1 is 1.40 bits per heavy atom. The summed E-state index contributed by atoms with van der Waals surface area (Å²) in [4.78, 5) is 0. The van der Waals surface area contributed by atoms with Crippen molar-refractivity contribution in [3.8, 4) is 0 Å². The van der Waals surface area contributed by atoms with Crippen LogP contribution in [0.5, 0.6) is 0 Å². The van der Waals surface area contributed by atoms with Gasteiger partial charge in [0.15, 0.2) is 0 Å². The van der Waals surface area contributed by atoms with Gasteiger partial charge in [-0.05, 0) is 25.5 Å². The molecule has 0 saturated heterocycles. The Morgan fingerprint density at radius 3 is 2.67 bits per heavy atom. The predicted octanol–water partition coefficient (Wildman–Crippen LogP) is 3.76. The van der Waals surface area contributed by atoms with Gasteiger partial charge in [-0.25, -0.2) is 0 Å². The van der Waals surface area contributed by atoms with Crippen LogP contribution in [0.2, 0.25) is 0 Å². The Bertz CT molecular complexity index is 243. The first kappa shape index (κ1) is 12.3. The number of furan rings is 1. The van der Waals surface area contributed by atoms with Gasteiger partial charge in [-0.1, -0.05) is 33.1 Å². The van der Waals surface area contributed by atoms with Gasteiger partial charge >= 0.3 is 0 Å². The van der Waals surface area contributed by atoms with Crippen molar-refractivity contribution in [1.29, 1.82) is 0 Å². The molecule has 0 aliphatic carbocycles. The van der Waals surface area contributed by atoms with Gasteiger partial charge in [-0.15, -0.1) is 0 Å². The first-order valence-corrected chi connectivity index (χ1v) is 6.02. The average Bonchev–Trinajstić information content (AvgIpc) is 2.77. The van der Waals surface area contributed by atoms with E-state index in [1.807, 2.05) is 13.3 Å². The molecule has 86 valence electrons. The molecule has 1 aromatic rings. The zero-order valence-electron chi connectivity index (χ0n) is 10.1. The van der Waals surface area contributed by atoms with E-state index < -0.39 is 0 Å². The monoisotopic (exact) mass is 209 g/mol. The van der Waals surface area contributed by atoms with Crippen LogP contribution in [0.25, 0.3) is 0 Å². The smallest absolute Gasteiger partial charge is 0.0950 e. The third-order valence-electron chi connectivity index (χ3n) is 3.14. The summed E-state index contributed by atoms with van der Waals surface area (Å²) in [6, 6.07) is 2.51. The van der Waals surface area contributed by atoms with Crippen molar-refractivity contribution >= 4 is 0 Å². The van der Waals surface area contributed by atoms with Crippen molar-refractivity contribution in [2.45, 2.75) is 45.6 Å². The summed E-state index contributed by atoms with van der Waals surface area (Å²) in [6.07, 6.45) is 8.72. The Balaban J connectivity index is 2.62. The molecule has 1 N–H and O–H groups in total. The van der Waals surface area contributed by atoms with Gasteiger partial charge in [-0.2, -0.15) is 0 Å². The van der Waals surface area contributed by atoms with E-state index in [1.165, 1.54) is 31.2 Å². The standard InChI is InChI=1S/C13H23NO/c1-4-6-7-11(5-2)13(14-3)12-8-9-15-10-12/h8-11,13-14H,4-7H2,1-3H3. The highest BCUT2D eigenvalue weighted by atomic mass is 16.3. The lowest BCUT2D eigenvalue weighted by molar-refractivity contribution is 0.337. The molecule has 0 saturated carbocycles. The maximum atomic E-state index is 5.16. The normalized spacial score (nSPS) is 15.1. The molecule has 0 aromatic carbocycles. The van der Waals surface area contributed by atoms with Crippen LogP contribution in [0.4, 0.5) is 0 Å². The fraction of sp³-hybridized carbons (Fsp3) is 0.692. The second-order valence-corrected chi connectivity index (χ2v) is 4.13. The van der Waals surface area contributed by atoms with E-state index in [0.717, 1.165) is 0 Å². The molecule has 2 unspecified atom stereocenters. The molecule has 0 fully saturated rings. The van der Waals surface area contributed by atoms with Crippen molar-refractivity contribution in [1.82, 2.24) is 5.32 Å². The van der Waals surface area contributed by atoms with Crippen molar-refractivity contribution < 1.29 is 4.42 Å². The zero-order valence-corrected chi connectivity index (χ0v) is 10.1. The molecule has 0 aliphatic rings. The Hall–Kier alpha value is -0.760. The van der Waals surface area contributed by atoms with Crippen LogP contribution in [0.3, 0.4) is 0 Å². The summed E-state index contributed by atoms with van der Waals surface area (Å²) in [5.41, 5.74) is 1.28. The third-order valence-corrected chi connectivity index (χ3v) is 3.14. The summed E-state index contributed by atoms with van der Waals surface area (Å²) in [6.45, 7) is 4.52. The number of unbranched alkanes of at least 4 members (excludes halogenated alkanes) is 1. The minimum atomic E-state index is 0.445. The van der Waals surface area contributed by atoms with E-state index >= 15 is 0 Å². The van der Waals surface area contributed by atoms with E-state index in [2.05, 4.69) is 25.2 Å². The first-order chi connectivity index (χ1) is 7.33. The summed E-state index contributed by atoms with van der Waals surface area (Å²) >= 11 is 0. The summed E-state index contributed by atoms with van der Waals surface area (Å²) in [5.74, 6) is 0.715. The van der Waals surface area contributed by atoms with Crippen LogP contribution < -0.4 is 5.32 Å². The molecule has 15 heavy (non-hydrogen) atoms. The number of hydrogen-bond donors (Lipinski definition) is 1. The van der Waals surface area contributed by atoms with Gasteiger partial charge in [0.2, 0.25) is 0 Å². The predicted molar refractivity (Wildman–Crippen MR) is 63.8 cm³/mol. The highest BCUT2D eigenvalue weighted by Crippen LogP contribution is 2.28. The largest absolute Gasteiger partial charge is 0.472 e. The van der Waals surface area contributed by atoms with Crippen LogP contribution >= 0.6 is 0 Å². The number of hydrogen-bond acceptors (Lipinski definition) is 2.